The Bertz CT molecular complexity index is 718. The van der Waals surface area contributed by atoms with Crippen LogP contribution in [0, 0.1) is 11.6 Å². The van der Waals surface area contributed by atoms with Crippen LogP contribution in [0.1, 0.15) is 20.9 Å². The Balaban J connectivity index is 1.59. The number of piperazine rings is 1. The summed E-state index contributed by atoms with van der Waals surface area (Å²) in [4.78, 5) is 27.6. The van der Waals surface area contributed by atoms with E-state index in [2.05, 4.69) is 0 Å². The van der Waals surface area contributed by atoms with Gasteiger partial charge in [0, 0.05) is 26.2 Å². The fraction of sp³-hybridized carbons (Fsp3) is 0.294. The van der Waals surface area contributed by atoms with Gasteiger partial charge in [0.15, 0.2) is 5.76 Å². The third-order valence-corrected chi connectivity index (χ3v) is 4.00. The lowest BCUT2D eigenvalue weighted by molar-refractivity contribution is 0.0612. The van der Waals surface area contributed by atoms with Crippen LogP contribution in [-0.2, 0) is 0 Å². The smallest absolute Gasteiger partial charge is 0.259 e. The summed E-state index contributed by atoms with van der Waals surface area (Å²) in [5.41, 5.74) is -0.530. The summed E-state index contributed by atoms with van der Waals surface area (Å²) in [5.74, 6) is -2.24. The Labute approximate surface area is 137 Å². The van der Waals surface area contributed by atoms with Crippen LogP contribution >= 0.6 is 0 Å². The van der Waals surface area contributed by atoms with Crippen LogP contribution in [0.3, 0.4) is 0 Å². The molecule has 1 aromatic heterocycles. The Morgan fingerprint density at radius 1 is 1.00 bits per heavy atom. The molecule has 0 radical (unpaired) electrons. The molecule has 7 heteroatoms. The molecule has 0 spiro atoms. The van der Waals surface area contributed by atoms with E-state index in [1.54, 1.807) is 12.1 Å². The molecule has 1 aliphatic rings. The van der Waals surface area contributed by atoms with Gasteiger partial charge in [0.1, 0.15) is 17.2 Å². The van der Waals surface area contributed by atoms with Crippen LogP contribution in [0.15, 0.2) is 41.0 Å². The van der Waals surface area contributed by atoms with Crippen molar-refractivity contribution in [3.63, 3.8) is 0 Å². The topological polar surface area (TPSA) is 53.8 Å². The quantitative estimate of drug-likeness (QED) is 0.805. The second-order valence-electron chi connectivity index (χ2n) is 5.57. The molecule has 0 saturated carbocycles. The van der Waals surface area contributed by atoms with Gasteiger partial charge in [0.05, 0.1) is 12.8 Å². The molecule has 2 heterocycles. The molecule has 1 fully saturated rings. The summed E-state index contributed by atoms with van der Waals surface area (Å²) in [6, 6.07) is 6.60. The Morgan fingerprint density at radius 2 is 1.67 bits per heavy atom. The molecular weight excluding hydrogens is 318 g/mol. The Kier molecular flexibility index (Phi) is 4.71. The highest BCUT2D eigenvalue weighted by Gasteiger charge is 2.27. The predicted molar refractivity (Wildman–Crippen MR) is 81.7 cm³/mol. The van der Waals surface area contributed by atoms with Gasteiger partial charge in [-0.3, -0.25) is 14.5 Å². The number of rotatable bonds is 4. The second kappa shape index (κ2) is 6.92. The van der Waals surface area contributed by atoms with Crippen molar-refractivity contribution in [2.45, 2.75) is 0 Å². The standard InChI is InChI=1S/C17H16F2N2O3/c18-12-3-1-4-13(19)16(12)17(23)21-8-6-20(7-9-21)11-14(22)15-5-2-10-24-15/h1-5,10H,6-9,11H2. The zero-order chi connectivity index (χ0) is 17.1. The maximum atomic E-state index is 13.7. The number of furan rings is 1. The summed E-state index contributed by atoms with van der Waals surface area (Å²) in [5, 5.41) is 0. The predicted octanol–water partition coefficient (Wildman–Crippen LogP) is 2.20. The van der Waals surface area contributed by atoms with Crippen LogP contribution in [0.2, 0.25) is 0 Å². The molecule has 0 bridgehead atoms. The van der Waals surface area contributed by atoms with E-state index in [-0.39, 0.29) is 12.3 Å². The van der Waals surface area contributed by atoms with Crippen molar-refractivity contribution in [1.29, 1.82) is 0 Å². The number of carbonyl (C=O) groups excluding carboxylic acids is 2. The number of benzene rings is 1. The lowest BCUT2D eigenvalue weighted by atomic mass is 10.1. The fourth-order valence-electron chi connectivity index (χ4n) is 2.69. The van der Waals surface area contributed by atoms with Crippen LogP contribution in [0.5, 0.6) is 0 Å². The van der Waals surface area contributed by atoms with Crippen LogP contribution in [-0.4, -0.2) is 54.2 Å². The highest BCUT2D eigenvalue weighted by molar-refractivity contribution is 5.95. The molecule has 126 valence electrons. The molecule has 1 amide bonds. The zero-order valence-electron chi connectivity index (χ0n) is 12.9. The summed E-state index contributed by atoms with van der Waals surface area (Å²) < 4.78 is 32.5. The Morgan fingerprint density at radius 3 is 2.25 bits per heavy atom. The van der Waals surface area contributed by atoms with Gasteiger partial charge in [-0.2, -0.15) is 0 Å². The van der Waals surface area contributed by atoms with Gasteiger partial charge in [-0.05, 0) is 24.3 Å². The summed E-state index contributed by atoms with van der Waals surface area (Å²) in [6.45, 7) is 1.70. The van der Waals surface area contributed by atoms with Crippen molar-refractivity contribution >= 4 is 11.7 Å². The van der Waals surface area contributed by atoms with E-state index in [1.807, 2.05) is 4.90 Å². The minimum absolute atomic E-state index is 0.139. The van der Waals surface area contributed by atoms with Crippen LogP contribution < -0.4 is 0 Å². The molecule has 2 aromatic rings. The summed E-state index contributed by atoms with van der Waals surface area (Å²) >= 11 is 0. The van der Waals surface area contributed by atoms with Gasteiger partial charge in [-0.1, -0.05) is 6.07 Å². The highest BCUT2D eigenvalue weighted by Crippen LogP contribution is 2.16. The second-order valence-corrected chi connectivity index (χ2v) is 5.57. The molecular formula is C17H16F2N2O3. The number of ketones is 1. The average molecular weight is 334 g/mol. The van der Waals surface area contributed by atoms with Crippen molar-refractivity contribution in [2.75, 3.05) is 32.7 Å². The number of carbonyl (C=O) groups is 2. The van der Waals surface area contributed by atoms with E-state index in [1.165, 1.54) is 17.2 Å². The Hall–Kier alpha value is -2.54. The van der Waals surface area contributed by atoms with E-state index in [4.69, 9.17) is 4.42 Å². The molecule has 1 saturated heterocycles. The van der Waals surface area contributed by atoms with Gasteiger partial charge in [0.25, 0.3) is 5.91 Å². The lowest BCUT2D eigenvalue weighted by Gasteiger charge is -2.34. The van der Waals surface area contributed by atoms with E-state index < -0.39 is 23.1 Å². The van der Waals surface area contributed by atoms with Crippen LogP contribution in [0.4, 0.5) is 8.78 Å². The fourth-order valence-corrected chi connectivity index (χ4v) is 2.69. The lowest BCUT2D eigenvalue weighted by Crippen LogP contribution is -2.50. The minimum Gasteiger partial charge on any atom is -0.461 e. The number of hydrogen-bond acceptors (Lipinski definition) is 4. The van der Waals surface area contributed by atoms with Gasteiger partial charge < -0.3 is 9.32 Å². The number of nitrogens with zero attached hydrogens (tertiary/aromatic N) is 2. The first-order valence-corrected chi connectivity index (χ1v) is 7.58. The van der Waals surface area contributed by atoms with Crippen LogP contribution in [0.25, 0.3) is 0 Å². The highest BCUT2D eigenvalue weighted by atomic mass is 19.1. The number of Topliss-reactive ketones (excluding diaryl/α,β-unsaturated/α-hetero) is 1. The molecule has 5 nitrogen and oxygen atoms in total. The monoisotopic (exact) mass is 334 g/mol. The van der Waals surface area contributed by atoms with Crippen molar-refractivity contribution in [2.24, 2.45) is 0 Å². The minimum atomic E-state index is -0.865. The first-order chi connectivity index (χ1) is 11.6. The third kappa shape index (κ3) is 3.35. The molecule has 0 N–H and O–H groups in total. The number of hydrogen-bond donors (Lipinski definition) is 0. The normalized spacial score (nSPS) is 15.5. The first-order valence-electron chi connectivity index (χ1n) is 7.58. The third-order valence-electron chi connectivity index (χ3n) is 4.00. The van der Waals surface area contributed by atoms with Gasteiger partial charge in [0.2, 0.25) is 5.78 Å². The van der Waals surface area contributed by atoms with Crippen molar-refractivity contribution in [3.8, 4) is 0 Å². The summed E-state index contributed by atoms with van der Waals surface area (Å²) in [7, 11) is 0. The SMILES string of the molecule is O=C(CN1CCN(C(=O)c2c(F)cccc2F)CC1)c1ccco1. The average Bonchev–Trinajstić information content (AvgIpc) is 3.10. The summed E-state index contributed by atoms with van der Waals surface area (Å²) in [6.07, 6.45) is 1.44. The maximum Gasteiger partial charge on any atom is 0.259 e. The van der Waals surface area contributed by atoms with Gasteiger partial charge >= 0.3 is 0 Å². The van der Waals surface area contributed by atoms with E-state index in [9.17, 15) is 18.4 Å². The zero-order valence-corrected chi connectivity index (χ0v) is 12.9. The molecule has 0 aliphatic carbocycles. The van der Waals surface area contributed by atoms with Crippen molar-refractivity contribution in [1.82, 2.24) is 9.80 Å². The van der Waals surface area contributed by atoms with Gasteiger partial charge in [-0.15, -0.1) is 0 Å². The van der Waals surface area contributed by atoms with E-state index in [0.717, 1.165) is 12.1 Å². The number of halogens is 2. The molecule has 24 heavy (non-hydrogen) atoms. The van der Waals surface area contributed by atoms with E-state index in [0.29, 0.717) is 31.9 Å². The molecule has 1 aliphatic heterocycles. The molecule has 0 atom stereocenters. The first kappa shape index (κ1) is 16.3. The number of amides is 1. The molecule has 3 rings (SSSR count). The molecule has 0 unspecified atom stereocenters. The van der Waals surface area contributed by atoms with Crippen molar-refractivity contribution in [3.05, 3.63) is 59.6 Å². The molecule has 1 aromatic carbocycles. The van der Waals surface area contributed by atoms with E-state index >= 15 is 0 Å². The van der Waals surface area contributed by atoms with Gasteiger partial charge in [-0.25, -0.2) is 8.78 Å². The largest absolute Gasteiger partial charge is 0.461 e. The van der Waals surface area contributed by atoms with Crippen molar-refractivity contribution < 1.29 is 22.8 Å². The maximum absolute atomic E-state index is 13.7.